The highest BCUT2D eigenvalue weighted by Crippen LogP contribution is 2.35. The quantitative estimate of drug-likeness (QED) is 0.908. The topological polar surface area (TPSA) is 75.3 Å². The number of nitrogens with zero attached hydrogens (tertiary/aromatic N) is 4. The van der Waals surface area contributed by atoms with Gasteiger partial charge in [0.05, 0.1) is 5.92 Å². The van der Waals surface area contributed by atoms with Gasteiger partial charge in [-0.3, -0.25) is 9.88 Å². The van der Waals surface area contributed by atoms with Crippen LogP contribution in [0.1, 0.15) is 24.7 Å². The molecule has 2 aromatic rings. The lowest BCUT2D eigenvalue weighted by Crippen LogP contribution is -2.36. The van der Waals surface area contributed by atoms with E-state index in [1.807, 2.05) is 23.9 Å². The van der Waals surface area contributed by atoms with Crippen molar-refractivity contribution in [2.75, 3.05) is 31.2 Å². The number of aromatic nitrogens is 3. The summed E-state index contributed by atoms with van der Waals surface area (Å²) in [5.74, 6) is 3.97. The first-order valence-electron chi connectivity index (χ1n) is 8.52. The van der Waals surface area contributed by atoms with Crippen molar-refractivity contribution in [3.8, 4) is 11.4 Å². The van der Waals surface area contributed by atoms with E-state index in [-0.39, 0.29) is 18.4 Å². The first-order chi connectivity index (χ1) is 11.8. The summed E-state index contributed by atoms with van der Waals surface area (Å²) >= 11 is 2.04. The highest BCUT2D eigenvalue weighted by molar-refractivity contribution is 7.99. The van der Waals surface area contributed by atoms with Crippen molar-refractivity contribution in [3.05, 3.63) is 30.4 Å². The second kappa shape index (κ2) is 7.21. The van der Waals surface area contributed by atoms with Crippen LogP contribution < -0.4 is 0 Å². The molecule has 1 N–H and O–H groups in total. The predicted octanol–water partition coefficient (Wildman–Crippen LogP) is 2.03. The number of thioether (sulfide) groups is 1. The molecular formula is C17H22N4O2S. The summed E-state index contributed by atoms with van der Waals surface area (Å²) in [6, 6.07) is 4.41. The molecule has 4 heterocycles. The third kappa shape index (κ3) is 3.20. The molecule has 2 fully saturated rings. The number of aliphatic hydroxyl groups excluding tert-OH is 1. The third-order valence-corrected chi connectivity index (χ3v) is 6.14. The van der Waals surface area contributed by atoms with E-state index in [1.165, 1.54) is 24.3 Å². The van der Waals surface area contributed by atoms with E-state index in [1.54, 1.807) is 12.4 Å². The number of hydrogen-bond acceptors (Lipinski definition) is 7. The van der Waals surface area contributed by atoms with Crippen LogP contribution in [0, 0.1) is 5.92 Å². The fourth-order valence-electron chi connectivity index (χ4n) is 3.72. The van der Waals surface area contributed by atoms with Crippen molar-refractivity contribution in [2.45, 2.75) is 24.8 Å². The molecule has 2 aliphatic heterocycles. The SMILES string of the molecule is OC[C@@H]1CN(C2CCSCC2)C[C@H]1c1nc(-c2cccnc2)no1. The molecule has 2 aliphatic rings. The van der Waals surface area contributed by atoms with Gasteiger partial charge < -0.3 is 9.63 Å². The summed E-state index contributed by atoms with van der Waals surface area (Å²) < 4.78 is 5.54. The van der Waals surface area contributed by atoms with Crippen molar-refractivity contribution in [2.24, 2.45) is 5.92 Å². The Bertz CT molecular complexity index is 660. The molecule has 128 valence electrons. The average molecular weight is 346 g/mol. The molecule has 0 spiro atoms. The summed E-state index contributed by atoms with van der Waals surface area (Å²) in [5.41, 5.74) is 0.854. The number of rotatable bonds is 4. The Kier molecular flexibility index (Phi) is 4.82. The van der Waals surface area contributed by atoms with Crippen LogP contribution in [0.2, 0.25) is 0 Å². The first kappa shape index (κ1) is 16.1. The lowest BCUT2D eigenvalue weighted by Gasteiger charge is -2.30. The molecule has 6 nitrogen and oxygen atoms in total. The van der Waals surface area contributed by atoms with Crippen molar-refractivity contribution in [1.82, 2.24) is 20.0 Å². The van der Waals surface area contributed by atoms with Crippen LogP contribution in [-0.2, 0) is 0 Å². The van der Waals surface area contributed by atoms with E-state index in [0.717, 1.165) is 18.7 Å². The van der Waals surface area contributed by atoms with E-state index >= 15 is 0 Å². The van der Waals surface area contributed by atoms with E-state index in [9.17, 15) is 5.11 Å². The number of hydrogen-bond donors (Lipinski definition) is 1. The van der Waals surface area contributed by atoms with E-state index < -0.39 is 0 Å². The maximum absolute atomic E-state index is 9.81. The Hall–Kier alpha value is -1.44. The van der Waals surface area contributed by atoms with Gasteiger partial charge in [0.15, 0.2) is 0 Å². The highest BCUT2D eigenvalue weighted by atomic mass is 32.2. The molecule has 2 saturated heterocycles. The van der Waals surface area contributed by atoms with Crippen molar-refractivity contribution in [3.63, 3.8) is 0 Å². The first-order valence-corrected chi connectivity index (χ1v) is 9.67. The maximum atomic E-state index is 9.81. The third-order valence-electron chi connectivity index (χ3n) is 5.09. The zero-order valence-electron chi connectivity index (χ0n) is 13.5. The second-order valence-corrected chi connectivity index (χ2v) is 7.77. The summed E-state index contributed by atoms with van der Waals surface area (Å²) in [6.07, 6.45) is 5.93. The van der Waals surface area contributed by atoms with Crippen LogP contribution in [0.5, 0.6) is 0 Å². The number of likely N-dealkylation sites (tertiary alicyclic amines) is 1. The molecule has 0 unspecified atom stereocenters. The average Bonchev–Trinajstić information content (AvgIpc) is 3.30. The molecule has 0 amide bonds. The normalized spacial score (nSPS) is 26.0. The van der Waals surface area contributed by atoms with Gasteiger partial charge in [-0.1, -0.05) is 5.16 Å². The predicted molar refractivity (Wildman–Crippen MR) is 92.8 cm³/mol. The Balaban J connectivity index is 1.51. The zero-order valence-corrected chi connectivity index (χ0v) is 14.4. The molecular weight excluding hydrogens is 324 g/mol. The van der Waals surface area contributed by atoms with Crippen LogP contribution >= 0.6 is 11.8 Å². The van der Waals surface area contributed by atoms with Gasteiger partial charge in [0.25, 0.3) is 0 Å². The molecule has 0 bridgehead atoms. The zero-order chi connectivity index (χ0) is 16.4. The van der Waals surface area contributed by atoms with Gasteiger partial charge >= 0.3 is 0 Å². The van der Waals surface area contributed by atoms with E-state index in [0.29, 0.717) is 17.8 Å². The van der Waals surface area contributed by atoms with Crippen molar-refractivity contribution >= 4 is 11.8 Å². The van der Waals surface area contributed by atoms with Crippen LogP contribution in [0.4, 0.5) is 0 Å². The van der Waals surface area contributed by atoms with Gasteiger partial charge in [0.1, 0.15) is 0 Å². The minimum Gasteiger partial charge on any atom is -0.396 e. The molecule has 0 aliphatic carbocycles. The van der Waals surface area contributed by atoms with Crippen LogP contribution in [0.25, 0.3) is 11.4 Å². The Labute approximate surface area is 145 Å². The molecule has 0 saturated carbocycles. The summed E-state index contributed by atoms with van der Waals surface area (Å²) in [6.45, 7) is 1.98. The Morgan fingerprint density at radius 2 is 2.17 bits per heavy atom. The van der Waals surface area contributed by atoms with Gasteiger partial charge in [-0.15, -0.1) is 0 Å². The fraction of sp³-hybridized carbons (Fsp3) is 0.588. The second-order valence-electron chi connectivity index (χ2n) is 6.54. The van der Waals surface area contributed by atoms with Gasteiger partial charge in [-0.2, -0.15) is 16.7 Å². The molecule has 4 rings (SSSR count). The van der Waals surface area contributed by atoms with Gasteiger partial charge in [-0.25, -0.2) is 0 Å². The highest BCUT2D eigenvalue weighted by Gasteiger charge is 2.39. The van der Waals surface area contributed by atoms with Gasteiger partial charge in [0.2, 0.25) is 11.7 Å². The maximum Gasteiger partial charge on any atom is 0.231 e. The van der Waals surface area contributed by atoms with Gasteiger partial charge in [0, 0.05) is 49.6 Å². The lowest BCUT2D eigenvalue weighted by molar-refractivity contribution is 0.188. The summed E-state index contributed by atoms with van der Waals surface area (Å²) in [4.78, 5) is 11.2. The largest absolute Gasteiger partial charge is 0.396 e. The smallest absolute Gasteiger partial charge is 0.231 e. The molecule has 0 radical (unpaired) electrons. The lowest BCUT2D eigenvalue weighted by atomic mass is 9.97. The Morgan fingerprint density at radius 3 is 2.92 bits per heavy atom. The molecule has 0 aromatic carbocycles. The van der Waals surface area contributed by atoms with Gasteiger partial charge in [-0.05, 0) is 36.5 Å². The molecule has 7 heteroatoms. The fourth-order valence-corrected chi connectivity index (χ4v) is 4.80. The summed E-state index contributed by atoms with van der Waals surface area (Å²) in [5, 5.41) is 13.9. The minimum atomic E-state index is 0.113. The van der Waals surface area contributed by atoms with Crippen LogP contribution in [0.15, 0.2) is 29.0 Å². The van der Waals surface area contributed by atoms with E-state index in [4.69, 9.17) is 4.52 Å². The minimum absolute atomic E-state index is 0.113. The monoisotopic (exact) mass is 346 g/mol. The summed E-state index contributed by atoms with van der Waals surface area (Å²) in [7, 11) is 0. The van der Waals surface area contributed by atoms with E-state index in [2.05, 4.69) is 20.0 Å². The molecule has 2 atom stereocenters. The van der Waals surface area contributed by atoms with Crippen LogP contribution in [-0.4, -0.2) is 62.4 Å². The van der Waals surface area contributed by atoms with Crippen molar-refractivity contribution < 1.29 is 9.63 Å². The standard InChI is InChI=1S/C17H22N4O2S/c22-11-13-9-21(14-3-6-24-7-4-14)10-15(13)17-19-16(20-23-17)12-2-1-5-18-8-12/h1-2,5,8,13-15,22H,3-4,6-7,9-11H2/t13-,15+/m0/s1. The van der Waals surface area contributed by atoms with Crippen LogP contribution in [0.3, 0.4) is 0 Å². The number of pyridine rings is 1. The molecule has 24 heavy (non-hydrogen) atoms. The van der Waals surface area contributed by atoms with Crippen molar-refractivity contribution in [1.29, 1.82) is 0 Å². The number of aliphatic hydroxyl groups is 1. The Morgan fingerprint density at radius 1 is 1.29 bits per heavy atom. The molecule has 2 aromatic heterocycles.